The standard InChI is InChI=1S/C72H133NO8/c1-6-8-10-12-14-16-18-20-22-24-26-27-28-29-30-31-32-33-34-35-36-37-38-39-40-41-42-43-45-47-49-51-53-55-57-59-61-63-70(75)81-68(67-80-72(71(76)77)78-65-64-73(3,4)5)66-79-69(74)62-60-58-56-54-52-50-48-46-44-25-23-21-19-17-15-13-11-9-7-2/h18,20-21,23-24,26,28-29,68,72H,6-17,19,22,25,27,30-67H2,1-5H3/p+1/b20-18-,23-21-,26-24-,29-28-. The zero-order valence-electron chi connectivity index (χ0n) is 54.2. The molecule has 0 bridgehead atoms. The van der Waals surface area contributed by atoms with Crippen molar-refractivity contribution in [3.63, 3.8) is 0 Å². The highest BCUT2D eigenvalue weighted by atomic mass is 16.7. The number of carboxylic acids is 1. The van der Waals surface area contributed by atoms with Gasteiger partial charge in [0.2, 0.25) is 0 Å². The van der Waals surface area contributed by atoms with E-state index in [-0.39, 0.29) is 38.2 Å². The van der Waals surface area contributed by atoms with Crippen LogP contribution in [0.15, 0.2) is 48.6 Å². The van der Waals surface area contributed by atoms with Gasteiger partial charge in [0, 0.05) is 12.8 Å². The molecule has 81 heavy (non-hydrogen) atoms. The summed E-state index contributed by atoms with van der Waals surface area (Å²) >= 11 is 0. The Bertz CT molecular complexity index is 1470. The van der Waals surface area contributed by atoms with Crippen LogP contribution in [0.4, 0.5) is 0 Å². The predicted octanol–water partition coefficient (Wildman–Crippen LogP) is 21.4. The van der Waals surface area contributed by atoms with Crippen LogP contribution in [0.5, 0.6) is 0 Å². The van der Waals surface area contributed by atoms with Crippen LogP contribution < -0.4 is 0 Å². The second kappa shape index (κ2) is 63.3. The third-order valence-corrected chi connectivity index (χ3v) is 15.6. The molecule has 9 heteroatoms. The molecule has 0 aliphatic carbocycles. The summed E-state index contributed by atoms with van der Waals surface area (Å²) in [5.74, 6) is -1.99. The summed E-state index contributed by atoms with van der Waals surface area (Å²) in [6.07, 6.45) is 78.0. The number of aliphatic carboxylic acids is 1. The Kier molecular flexibility index (Phi) is 61.1. The van der Waals surface area contributed by atoms with Crippen molar-refractivity contribution in [2.24, 2.45) is 0 Å². The highest BCUT2D eigenvalue weighted by Crippen LogP contribution is 2.18. The second-order valence-electron chi connectivity index (χ2n) is 24.8. The van der Waals surface area contributed by atoms with Gasteiger partial charge in [-0.1, -0.05) is 294 Å². The van der Waals surface area contributed by atoms with Crippen LogP contribution >= 0.6 is 0 Å². The minimum atomic E-state index is -1.51. The number of carbonyl (C=O) groups excluding carboxylic acids is 2. The largest absolute Gasteiger partial charge is 0.477 e. The first-order chi connectivity index (χ1) is 39.6. The van der Waals surface area contributed by atoms with E-state index in [1.165, 1.54) is 257 Å². The van der Waals surface area contributed by atoms with Crippen LogP contribution in [0, 0.1) is 0 Å². The van der Waals surface area contributed by atoms with Gasteiger partial charge < -0.3 is 28.5 Å². The SMILES string of the molecule is CCCCCCC/C=C\C/C=C\C/C=C\CCCCCCCCCCCCCCCCCCCCCCCCC(=O)OC(COC(=O)CCCCCCCCCCC/C=C\CCCCCCCC)COC(OCC[N+](C)(C)C)C(=O)O. The fraction of sp³-hybridized carbons (Fsp3) is 0.847. The van der Waals surface area contributed by atoms with Gasteiger partial charge in [0.25, 0.3) is 6.29 Å². The summed E-state index contributed by atoms with van der Waals surface area (Å²) < 4.78 is 23.0. The molecule has 9 nitrogen and oxygen atoms in total. The lowest BCUT2D eigenvalue weighted by atomic mass is 10.0. The maximum Gasteiger partial charge on any atom is 0.361 e. The van der Waals surface area contributed by atoms with Gasteiger partial charge in [-0.15, -0.1) is 0 Å². The van der Waals surface area contributed by atoms with Crippen LogP contribution in [0.25, 0.3) is 0 Å². The number of ether oxygens (including phenoxy) is 4. The van der Waals surface area contributed by atoms with Crippen molar-refractivity contribution in [2.75, 3.05) is 47.5 Å². The Morgan fingerprint density at radius 1 is 0.370 bits per heavy atom. The van der Waals surface area contributed by atoms with E-state index in [1.54, 1.807) is 0 Å². The van der Waals surface area contributed by atoms with Gasteiger partial charge in [0.15, 0.2) is 6.10 Å². The number of hydrogen-bond donors (Lipinski definition) is 1. The first kappa shape index (κ1) is 78.2. The Labute approximate surface area is 502 Å². The zero-order valence-corrected chi connectivity index (χ0v) is 54.2. The number of quaternary nitrogens is 1. The van der Waals surface area contributed by atoms with E-state index < -0.39 is 18.4 Å². The van der Waals surface area contributed by atoms with E-state index in [2.05, 4.69) is 62.5 Å². The number of nitrogens with zero attached hydrogens (tertiary/aromatic N) is 1. The van der Waals surface area contributed by atoms with Crippen molar-refractivity contribution in [2.45, 2.75) is 347 Å². The lowest BCUT2D eigenvalue weighted by molar-refractivity contribution is -0.870. The molecule has 0 rings (SSSR count). The molecule has 0 radical (unpaired) electrons. The molecule has 0 fully saturated rings. The van der Waals surface area contributed by atoms with Crippen LogP contribution in [0.3, 0.4) is 0 Å². The number of esters is 2. The maximum atomic E-state index is 12.9. The molecule has 474 valence electrons. The van der Waals surface area contributed by atoms with Gasteiger partial charge in [-0.3, -0.25) is 9.59 Å². The van der Waals surface area contributed by atoms with E-state index in [9.17, 15) is 19.5 Å². The molecule has 0 spiro atoms. The minimum Gasteiger partial charge on any atom is -0.477 e. The van der Waals surface area contributed by atoms with Crippen molar-refractivity contribution in [1.29, 1.82) is 0 Å². The third-order valence-electron chi connectivity index (χ3n) is 15.6. The summed E-state index contributed by atoms with van der Waals surface area (Å²) in [4.78, 5) is 37.6. The molecule has 2 unspecified atom stereocenters. The highest BCUT2D eigenvalue weighted by molar-refractivity contribution is 5.71. The summed E-state index contributed by atoms with van der Waals surface area (Å²) in [5.41, 5.74) is 0. The molecule has 0 amide bonds. The summed E-state index contributed by atoms with van der Waals surface area (Å²) in [5, 5.41) is 9.73. The number of carboxylic acid groups (broad SMARTS) is 1. The van der Waals surface area contributed by atoms with E-state index in [1.807, 2.05) is 21.1 Å². The van der Waals surface area contributed by atoms with Crippen LogP contribution in [-0.2, 0) is 33.3 Å². The molecular weight excluding hydrogens is 1010 g/mol. The fourth-order valence-electron chi connectivity index (χ4n) is 10.2. The van der Waals surface area contributed by atoms with Crippen molar-refractivity contribution in [1.82, 2.24) is 0 Å². The van der Waals surface area contributed by atoms with E-state index in [0.717, 1.165) is 51.4 Å². The first-order valence-electron chi connectivity index (χ1n) is 34.8. The van der Waals surface area contributed by atoms with Gasteiger partial charge in [-0.05, 0) is 77.0 Å². The molecule has 0 aliphatic heterocycles. The van der Waals surface area contributed by atoms with E-state index >= 15 is 0 Å². The highest BCUT2D eigenvalue weighted by Gasteiger charge is 2.25. The molecular formula is C72H134NO8+. The number of carbonyl (C=O) groups is 3. The molecule has 0 saturated heterocycles. The molecule has 0 aromatic rings. The first-order valence-corrected chi connectivity index (χ1v) is 34.8. The maximum absolute atomic E-state index is 12.9. The van der Waals surface area contributed by atoms with Crippen LogP contribution in [0.2, 0.25) is 0 Å². The molecule has 0 aliphatic rings. The van der Waals surface area contributed by atoms with Gasteiger partial charge in [0.05, 0.1) is 34.4 Å². The predicted molar refractivity (Wildman–Crippen MR) is 346 cm³/mol. The van der Waals surface area contributed by atoms with E-state index in [4.69, 9.17) is 18.9 Å². The Hall–Kier alpha value is -2.75. The van der Waals surface area contributed by atoms with Gasteiger partial charge in [0.1, 0.15) is 13.2 Å². The summed E-state index contributed by atoms with van der Waals surface area (Å²) in [6, 6.07) is 0. The lowest BCUT2D eigenvalue weighted by Crippen LogP contribution is -2.40. The molecule has 1 N–H and O–H groups in total. The number of rotatable bonds is 65. The Morgan fingerprint density at radius 2 is 0.667 bits per heavy atom. The fourth-order valence-corrected chi connectivity index (χ4v) is 10.2. The average molecular weight is 1140 g/mol. The monoisotopic (exact) mass is 1140 g/mol. The summed E-state index contributed by atoms with van der Waals surface area (Å²) in [7, 11) is 5.98. The Balaban J connectivity index is 4.01. The minimum absolute atomic E-state index is 0.179. The normalized spacial score (nSPS) is 13.0. The topological polar surface area (TPSA) is 108 Å². The lowest BCUT2D eigenvalue weighted by Gasteiger charge is -2.25. The van der Waals surface area contributed by atoms with Crippen molar-refractivity contribution in [3.05, 3.63) is 48.6 Å². The number of likely N-dealkylation sites (N-methyl/N-ethyl adjacent to an activating group) is 1. The molecule has 2 atom stereocenters. The summed E-state index contributed by atoms with van der Waals surface area (Å²) in [6.45, 7) is 4.91. The van der Waals surface area contributed by atoms with Gasteiger partial charge >= 0.3 is 17.9 Å². The molecule has 0 aromatic heterocycles. The van der Waals surface area contributed by atoms with Crippen molar-refractivity contribution in [3.8, 4) is 0 Å². The average Bonchev–Trinajstić information content (AvgIpc) is 3.44. The quantitative estimate of drug-likeness (QED) is 0.0211. The van der Waals surface area contributed by atoms with Gasteiger partial charge in [-0.25, -0.2) is 4.79 Å². The van der Waals surface area contributed by atoms with Crippen LogP contribution in [0.1, 0.15) is 335 Å². The number of hydrogen-bond acceptors (Lipinski definition) is 7. The molecule has 0 aromatic carbocycles. The second-order valence-corrected chi connectivity index (χ2v) is 24.8. The third kappa shape index (κ3) is 64.7. The van der Waals surface area contributed by atoms with Crippen LogP contribution in [-0.4, -0.2) is 87.4 Å². The van der Waals surface area contributed by atoms with E-state index in [0.29, 0.717) is 17.4 Å². The van der Waals surface area contributed by atoms with Crippen molar-refractivity contribution < 1.29 is 42.9 Å². The number of unbranched alkanes of at least 4 members (excludes halogenated alkanes) is 42. The zero-order chi connectivity index (χ0) is 59.1. The molecule has 0 heterocycles. The Morgan fingerprint density at radius 3 is 1.00 bits per heavy atom. The van der Waals surface area contributed by atoms with Gasteiger partial charge in [-0.2, -0.15) is 0 Å². The number of allylic oxidation sites excluding steroid dienone is 8. The molecule has 0 saturated carbocycles. The van der Waals surface area contributed by atoms with Crippen molar-refractivity contribution >= 4 is 17.9 Å². The smallest absolute Gasteiger partial charge is 0.361 e.